The fourth-order valence-electron chi connectivity index (χ4n) is 1.98. The molecule has 0 saturated heterocycles. The molecule has 5 heteroatoms. The molecule has 2 aromatic heterocycles. The maximum absolute atomic E-state index is 12.5. The van der Waals surface area contributed by atoms with Gasteiger partial charge in [0.15, 0.2) is 0 Å². The van der Waals surface area contributed by atoms with Crippen molar-refractivity contribution in [3.63, 3.8) is 0 Å². The van der Waals surface area contributed by atoms with Crippen LogP contribution >= 0.6 is 0 Å². The molecule has 21 heavy (non-hydrogen) atoms. The van der Waals surface area contributed by atoms with Crippen LogP contribution in [0.2, 0.25) is 0 Å². The van der Waals surface area contributed by atoms with Crippen LogP contribution in [0.1, 0.15) is 31.8 Å². The summed E-state index contributed by atoms with van der Waals surface area (Å²) in [4.78, 5) is 14.2. The summed E-state index contributed by atoms with van der Waals surface area (Å²) in [5.74, 6) is 1.76. The molecule has 2 heterocycles. The van der Waals surface area contributed by atoms with E-state index in [1.807, 2.05) is 38.1 Å². The van der Waals surface area contributed by atoms with Gasteiger partial charge in [0.05, 0.1) is 25.6 Å². The molecular weight excluding hydrogens is 268 g/mol. The third kappa shape index (κ3) is 4.49. The number of carbonyl (C=O) groups is 1. The van der Waals surface area contributed by atoms with Crippen molar-refractivity contribution in [1.82, 2.24) is 4.90 Å². The van der Waals surface area contributed by atoms with Gasteiger partial charge in [-0.2, -0.15) is 0 Å². The van der Waals surface area contributed by atoms with Crippen molar-refractivity contribution in [3.8, 4) is 0 Å². The second kappa shape index (κ2) is 7.13. The first kappa shape index (κ1) is 15.4. The lowest BCUT2D eigenvalue weighted by Gasteiger charge is -2.23. The Labute approximate surface area is 124 Å². The van der Waals surface area contributed by atoms with Crippen molar-refractivity contribution < 1.29 is 13.6 Å². The monoisotopic (exact) mass is 290 g/mol. The fraction of sp³-hybridized carbons (Fsp3) is 0.438. The predicted octanol–water partition coefficient (Wildman–Crippen LogP) is 2.77. The number of carbonyl (C=O) groups excluding carboxylic acids is 1. The Morgan fingerprint density at radius 1 is 1.14 bits per heavy atom. The first-order chi connectivity index (χ1) is 10.1. The van der Waals surface area contributed by atoms with Gasteiger partial charge in [-0.05, 0) is 30.2 Å². The van der Waals surface area contributed by atoms with E-state index in [4.69, 9.17) is 14.6 Å². The van der Waals surface area contributed by atoms with Gasteiger partial charge >= 0.3 is 0 Å². The molecule has 0 spiro atoms. The Kier molecular flexibility index (Phi) is 5.22. The van der Waals surface area contributed by atoms with E-state index in [9.17, 15) is 4.79 Å². The van der Waals surface area contributed by atoms with Gasteiger partial charge in [0, 0.05) is 12.5 Å². The highest BCUT2D eigenvalue weighted by atomic mass is 16.3. The molecule has 1 amide bonds. The zero-order valence-corrected chi connectivity index (χ0v) is 12.5. The zero-order valence-electron chi connectivity index (χ0n) is 12.5. The average molecular weight is 290 g/mol. The van der Waals surface area contributed by atoms with E-state index in [1.165, 1.54) is 0 Å². The lowest BCUT2D eigenvalue weighted by molar-refractivity contribution is -0.133. The Bertz CT molecular complexity index is 496. The Balaban J connectivity index is 2.05. The summed E-state index contributed by atoms with van der Waals surface area (Å²) in [5.41, 5.74) is 6.01. The number of amides is 1. The quantitative estimate of drug-likeness (QED) is 0.851. The summed E-state index contributed by atoms with van der Waals surface area (Å²) in [7, 11) is 0. The fourth-order valence-corrected chi connectivity index (χ4v) is 1.98. The van der Waals surface area contributed by atoms with E-state index in [0.717, 1.165) is 11.5 Å². The average Bonchev–Trinajstić information content (AvgIpc) is 3.10. The lowest BCUT2D eigenvalue weighted by Crippen LogP contribution is -2.37. The first-order valence-corrected chi connectivity index (χ1v) is 7.14. The molecule has 5 nitrogen and oxygen atoms in total. The minimum Gasteiger partial charge on any atom is -0.467 e. The molecular formula is C16H22N2O3. The molecule has 0 aliphatic rings. The molecule has 2 rings (SSSR count). The highest BCUT2D eigenvalue weighted by Gasteiger charge is 2.21. The first-order valence-electron chi connectivity index (χ1n) is 7.14. The summed E-state index contributed by atoms with van der Waals surface area (Å²) in [6, 6.07) is 7.18. The summed E-state index contributed by atoms with van der Waals surface area (Å²) in [6.45, 7) is 4.86. The largest absolute Gasteiger partial charge is 0.467 e. The number of hydrogen-bond acceptors (Lipinski definition) is 4. The van der Waals surface area contributed by atoms with Crippen molar-refractivity contribution in [2.24, 2.45) is 11.7 Å². The van der Waals surface area contributed by atoms with Crippen LogP contribution in [0.5, 0.6) is 0 Å². The number of hydrogen-bond donors (Lipinski definition) is 1. The molecule has 0 saturated carbocycles. The minimum absolute atomic E-state index is 0.00370. The number of nitrogens with zero attached hydrogens (tertiary/aromatic N) is 1. The molecule has 0 fully saturated rings. The molecule has 1 unspecified atom stereocenters. The smallest absolute Gasteiger partial charge is 0.224 e. The minimum atomic E-state index is -0.145. The van der Waals surface area contributed by atoms with Gasteiger partial charge in [-0.1, -0.05) is 13.8 Å². The molecule has 0 radical (unpaired) electrons. The van der Waals surface area contributed by atoms with Gasteiger partial charge in [0.1, 0.15) is 11.5 Å². The van der Waals surface area contributed by atoms with E-state index >= 15 is 0 Å². The van der Waals surface area contributed by atoms with Crippen LogP contribution in [-0.4, -0.2) is 16.8 Å². The van der Waals surface area contributed by atoms with Crippen molar-refractivity contribution in [1.29, 1.82) is 0 Å². The van der Waals surface area contributed by atoms with Crippen LogP contribution in [0.3, 0.4) is 0 Å². The molecule has 0 aromatic carbocycles. The molecule has 2 aromatic rings. The van der Waals surface area contributed by atoms with E-state index < -0.39 is 0 Å². The van der Waals surface area contributed by atoms with E-state index in [2.05, 4.69) is 0 Å². The normalized spacial score (nSPS) is 12.6. The standard InChI is InChI=1S/C16H22N2O3/c1-12(2)15(17)9-16(19)18(10-13-5-3-7-20-13)11-14-6-4-8-21-14/h3-8,12,15H,9-11,17H2,1-2H3. The number of nitrogens with two attached hydrogens (primary N) is 1. The van der Waals surface area contributed by atoms with Crippen molar-refractivity contribution in [3.05, 3.63) is 48.3 Å². The van der Waals surface area contributed by atoms with Crippen molar-refractivity contribution in [2.45, 2.75) is 39.4 Å². The molecule has 114 valence electrons. The van der Waals surface area contributed by atoms with Gasteiger partial charge in [-0.3, -0.25) is 4.79 Å². The lowest BCUT2D eigenvalue weighted by atomic mass is 10.0. The second-order valence-corrected chi connectivity index (χ2v) is 5.52. The van der Waals surface area contributed by atoms with E-state index in [-0.39, 0.29) is 17.9 Å². The summed E-state index contributed by atoms with van der Waals surface area (Å²) < 4.78 is 10.7. The number of furan rings is 2. The van der Waals surface area contributed by atoms with Gasteiger partial charge < -0.3 is 19.5 Å². The maximum Gasteiger partial charge on any atom is 0.224 e. The van der Waals surface area contributed by atoms with Crippen LogP contribution in [0.25, 0.3) is 0 Å². The van der Waals surface area contributed by atoms with E-state index in [1.54, 1.807) is 17.4 Å². The highest BCUT2D eigenvalue weighted by molar-refractivity contribution is 5.76. The summed E-state index contributed by atoms with van der Waals surface area (Å²) >= 11 is 0. The van der Waals surface area contributed by atoms with Gasteiger partial charge in [-0.15, -0.1) is 0 Å². The molecule has 0 aliphatic carbocycles. The SMILES string of the molecule is CC(C)C(N)CC(=O)N(Cc1ccco1)Cc1ccco1. The Morgan fingerprint density at radius 3 is 2.05 bits per heavy atom. The van der Waals surface area contributed by atoms with Crippen LogP contribution in [0.4, 0.5) is 0 Å². The summed E-state index contributed by atoms with van der Waals surface area (Å²) in [6.07, 6.45) is 3.52. The van der Waals surface area contributed by atoms with Crippen LogP contribution in [-0.2, 0) is 17.9 Å². The predicted molar refractivity (Wildman–Crippen MR) is 79.1 cm³/mol. The molecule has 2 N–H and O–H groups in total. The van der Waals surface area contributed by atoms with Crippen LogP contribution in [0, 0.1) is 5.92 Å². The van der Waals surface area contributed by atoms with E-state index in [0.29, 0.717) is 19.5 Å². The molecule has 0 bridgehead atoms. The van der Waals surface area contributed by atoms with Gasteiger partial charge in [-0.25, -0.2) is 0 Å². The topological polar surface area (TPSA) is 72.6 Å². The molecule has 1 atom stereocenters. The number of rotatable bonds is 7. The third-order valence-corrected chi connectivity index (χ3v) is 3.47. The summed E-state index contributed by atoms with van der Waals surface area (Å²) in [5, 5.41) is 0. The van der Waals surface area contributed by atoms with Crippen LogP contribution < -0.4 is 5.73 Å². The maximum atomic E-state index is 12.5. The second-order valence-electron chi connectivity index (χ2n) is 5.52. The highest BCUT2D eigenvalue weighted by Crippen LogP contribution is 2.14. The Hall–Kier alpha value is -2.01. The van der Waals surface area contributed by atoms with Crippen molar-refractivity contribution in [2.75, 3.05) is 0 Å². The van der Waals surface area contributed by atoms with Gasteiger partial charge in [0.2, 0.25) is 5.91 Å². The third-order valence-electron chi connectivity index (χ3n) is 3.47. The van der Waals surface area contributed by atoms with Crippen molar-refractivity contribution >= 4 is 5.91 Å². The molecule has 0 aliphatic heterocycles. The zero-order chi connectivity index (χ0) is 15.2. The Morgan fingerprint density at radius 2 is 1.67 bits per heavy atom. The van der Waals surface area contributed by atoms with Gasteiger partial charge in [0.25, 0.3) is 0 Å². The van der Waals surface area contributed by atoms with Crippen LogP contribution in [0.15, 0.2) is 45.6 Å².